The van der Waals surface area contributed by atoms with Crippen LogP contribution < -0.4 is 5.32 Å². The number of nitrogens with one attached hydrogen (secondary N) is 1. The van der Waals surface area contributed by atoms with Gasteiger partial charge in [-0.15, -0.1) is 23.7 Å². The van der Waals surface area contributed by atoms with Crippen molar-refractivity contribution in [1.82, 2.24) is 15.2 Å². The fourth-order valence-corrected chi connectivity index (χ4v) is 2.80. The highest BCUT2D eigenvalue weighted by Gasteiger charge is 2.14. The van der Waals surface area contributed by atoms with Crippen LogP contribution in [-0.2, 0) is 6.54 Å². The molecule has 0 aromatic carbocycles. The van der Waals surface area contributed by atoms with Crippen molar-refractivity contribution >= 4 is 23.7 Å². The molecule has 1 aromatic heterocycles. The number of hydrogen-bond acceptors (Lipinski definition) is 4. The topological polar surface area (TPSA) is 28.2 Å². The van der Waals surface area contributed by atoms with Crippen molar-refractivity contribution in [3.8, 4) is 0 Å². The monoisotopic (exact) mass is 275 g/mol. The SMILES string of the molecule is Cc1nc(CN(C)CCC2CCNC2)cs1.Cl. The van der Waals surface area contributed by atoms with Gasteiger partial charge < -0.3 is 10.2 Å². The Hall–Kier alpha value is -0.160. The lowest BCUT2D eigenvalue weighted by Gasteiger charge is -2.17. The molecule has 0 bridgehead atoms. The van der Waals surface area contributed by atoms with Gasteiger partial charge in [0.1, 0.15) is 0 Å². The van der Waals surface area contributed by atoms with Gasteiger partial charge in [-0.1, -0.05) is 0 Å². The second-order valence-electron chi connectivity index (χ2n) is 4.74. The second-order valence-corrected chi connectivity index (χ2v) is 5.81. The molecule has 0 radical (unpaired) electrons. The lowest BCUT2D eigenvalue weighted by Crippen LogP contribution is -2.22. The number of aromatic nitrogens is 1. The van der Waals surface area contributed by atoms with E-state index in [1.807, 2.05) is 0 Å². The van der Waals surface area contributed by atoms with Gasteiger partial charge in [0, 0.05) is 11.9 Å². The first-order chi connectivity index (χ1) is 7.74. The third-order valence-electron chi connectivity index (χ3n) is 3.18. The zero-order valence-electron chi connectivity index (χ0n) is 10.6. The highest BCUT2D eigenvalue weighted by Crippen LogP contribution is 2.14. The standard InChI is InChI=1S/C12H21N3S.ClH/c1-10-14-12(9-16-10)8-15(2)6-4-11-3-5-13-7-11;/h9,11,13H,3-8H2,1-2H3;1H. The van der Waals surface area contributed by atoms with Crippen molar-refractivity contribution in [2.45, 2.75) is 26.3 Å². The molecule has 3 nitrogen and oxygen atoms in total. The maximum atomic E-state index is 4.49. The van der Waals surface area contributed by atoms with Gasteiger partial charge in [-0.2, -0.15) is 0 Å². The molecule has 98 valence electrons. The van der Waals surface area contributed by atoms with E-state index in [0.29, 0.717) is 0 Å². The van der Waals surface area contributed by atoms with E-state index >= 15 is 0 Å². The fraction of sp³-hybridized carbons (Fsp3) is 0.750. The Morgan fingerprint density at radius 1 is 1.59 bits per heavy atom. The van der Waals surface area contributed by atoms with E-state index in [1.54, 1.807) is 11.3 Å². The summed E-state index contributed by atoms with van der Waals surface area (Å²) < 4.78 is 0. The van der Waals surface area contributed by atoms with Crippen LogP contribution in [0.2, 0.25) is 0 Å². The van der Waals surface area contributed by atoms with Crippen LogP contribution in [0.15, 0.2) is 5.38 Å². The summed E-state index contributed by atoms with van der Waals surface area (Å²) in [6, 6.07) is 0. The van der Waals surface area contributed by atoms with Crippen molar-refractivity contribution in [3.63, 3.8) is 0 Å². The molecular weight excluding hydrogens is 254 g/mol. The molecule has 1 N–H and O–H groups in total. The second kappa shape index (κ2) is 7.31. The predicted molar refractivity (Wildman–Crippen MR) is 76.0 cm³/mol. The first-order valence-corrected chi connectivity index (χ1v) is 6.92. The first-order valence-electron chi connectivity index (χ1n) is 6.04. The van der Waals surface area contributed by atoms with Crippen LogP contribution in [0.3, 0.4) is 0 Å². The Morgan fingerprint density at radius 2 is 2.41 bits per heavy atom. The van der Waals surface area contributed by atoms with Gasteiger partial charge >= 0.3 is 0 Å². The highest BCUT2D eigenvalue weighted by atomic mass is 35.5. The molecule has 5 heteroatoms. The van der Waals surface area contributed by atoms with Crippen LogP contribution in [0.25, 0.3) is 0 Å². The third-order valence-corrected chi connectivity index (χ3v) is 4.00. The molecule has 0 saturated carbocycles. The Labute approximate surface area is 114 Å². The summed E-state index contributed by atoms with van der Waals surface area (Å²) in [6.45, 7) is 6.66. The molecule has 1 atom stereocenters. The van der Waals surface area contributed by atoms with Crippen molar-refractivity contribution in [1.29, 1.82) is 0 Å². The summed E-state index contributed by atoms with van der Waals surface area (Å²) >= 11 is 1.74. The van der Waals surface area contributed by atoms with Crippen LogP contribution in [-0.4, -0.2) is 36.6 Å². The van der Waals surface area contributed by atoms with Crippen molar-refractivity contribution < 1.29 is 0 Å². The number of rotatable bonds is 5. The molecule has 1 unspecified atom stereocenters. The molecule has 0 amide bonds. The molecular formula is C12H22ClN3S. The van der Waals surface area contributed by atoms with Crippen LogP contribution >= 0.6 is 23.7 Å². The van der Waals surface area contributed by atoms with E-state index in [-0.39, 0.29) is 12.4 Å². The largest absolute Gasteiger partial charge is 0.316 e. The maximum absolute atomic E-state index is 4.49. The molecule has 1 aliphatic rings. The lowest BCUT2D eigenvalue weighted by atomic mass is 10.1. The van der Waals surface area contributed by atoms with Crippen molar-refractivity contribution in [3.05, 3.63) is 16.1 Å². The van der Waals surface area contributed by atoms with E-state index < -0.39 is 0 Å². The van der Waals surface area contributed by atoms with Crippen LogP contribution in [0.5, 0.6) is 0 Å². The summed E-state index contributed by atoms with van der Waals surface area (Å²) in [6.07, 6.45) is 2.66. The van der Waals surface area contributed by atoms with Gasteiger partial charge in [0.2, 0.25) is 0 Å². The van der Waals surface area contributed by atoms with Crippen LogP contribution in [0.4, 0.5) is 0 Å². The Bertz CT molecular complexity index is 323. The van der Waals surface area contributed by atoms with Gasteiger partial charge in [0.15, 0.2) is 0 Å². The number of thiazole rings is 1. The minimum atomic E-state index is 0. The quantitative estimate of drug-likeness (QED) is 0.894. The zero-order chi connectivity index (χ0) is 11.4. The van der Waals surface area contributed by atoms with Gasteiger partial charge in [0.25, 0.3) is 0 Å². The summed E-state index contributed by atoms with van der Waals surface area (Å²) in [5.74, 6) is 0.889. The van der Waals surface area contributed by atoms with E-state index in [4.69, 9.17) is 0 Å². The number of nitrogens with zero attached hydrogens (tertiary/aromatic N) is 2. The predicted octanol–water partition coefficient (Wildman–Crippen LogP) is 2.30. The Balaban J connectivity index is 0.00000144. The van der Waals surface area contributed by atoms with E-state index in [2.05, 4.69) is 34.6 Å². The fourth-order valence-electron chi connectivity index (χ4n) is 2.20. The lowest BCUT2D eigenvalue weighted by molar-refractivity contribution is 0.295. The Morgan fingerprint density at radius 3 is 3.00 bits per heavy atom. The van der Waals surface area contributed by atoms with Crippen LogP contribution in [0, 0.1) is 12.8 Å². The first kappa shape index (κ1) is 14.9. The number of aryl methyl sites for hydroxylation is 1. The molecule has 1 aliphatic heterocycles. The van der Waals surface area contributed by atoms with Crippen molar-refractivity contribution in [2.75, 3.05) is 26.7 Å². The number of hydrogen-bond donors (Lipinski definition) is 1. The van der Waals surface area contributed by atoms with Gasteiger partial charge in [-0.25, -0.2) is 4.98 Å². The maximum Gasteiger partial charge on any atom is 0.0897 e. The van der Waals surface area contributed by atoms with Gasteiger partial charge in [-0.3, -0.25) is 0 Å². The summed E-state index contributed by atoms with van der Waals surface area (Å²) in [4.78, 5) is 6.88. The number of halogens is 1. The third kappa shape index (κ3) is 4.92. The molecule has 1 aromatic rings. The van der Waals surface area contributed by atoms with Crippen molar-refractivity contribution in [2.24, 2.45) is 5.92 Å². The minimum absolute atomic E-state index is 0. The Kier molecular flexibility index (Phi) is 6.41. The van der Waals surface area contributed by atoms with E-state index in [1.165, 1.54) is 43.2 Å². The summed E-state index contributed by atoms with van der Waals surface area (Å²) in [5.41, 5.74) is 1.22. The molecule has 0 aliphatic carbocycles. The average Bonchev–Trinajstić information content (AvgIpc) is 2.87. The molecule has 0 spiro atoms. The normalized spacial score (nSPS) is 19.6. The molecule has 1 fully saturated rings. The summed E-state index contributed by atoms with van der Waals surface area (Å²) in [5, 5.41) is 6.76. The van der Waals surface area contributed by atoms with E-state index in [0.717, 1.165) is 12.5 Å². The van der Waals surface area contributed by atoms with Gasteiger partial charge in [0.05, 0.1) is 10.7 Å². The zero-order valence-corrected chi connectivity index (χ0v) is 12.2. The highest BCUT2D eigenvalue weighted by molar-refractivity contribution is 7.09. The average molecular weight is 276 g/mol. The molecule has 2 rings (SSSR count). The summed E-state index contributed by atoms with van der Waals surface area (Å²) in [7, 11) is 2.19. The van der Waals surface area contributed by atoms with E-state index in [9.17, 15) is 0 Å². The minimum Gasteiger partial charge on any atom is -0.316 e. The smallest absolute Gasteiger partial charge is 0.0897 e. The molecule has 1 saturated heterocycles. The van der Waals surface area contributed by atoms with Gasteiger partial charge in [-0.05, 0) is 52.4 Å². The van der Waals surface area contributed by atoms with Crippen LogP contribution in [0.1, 0.15) is 23.5 Å². The molecule has 2 heterocycles. The molecule has 17 heavy (non-hydrogen) atoms.